The Morgan fingerprint density at radius 1 is 1.30 bits per heavy atom. The van der Waals surface area contributed by atoms with E-state index < -0.39 is 0 Å². The smallest absolute Gasteiger partial charge is 0.268 e. The molecule has 0 unspecified atom stereocenters. The summed E-state index contributed by atoms with van der Waals surface area (Å²) < 4.78 is 0.635. The van der Waals surface area contributed by atoms with Gasteiger partial charge in [-0.3, -0.25) is 4.79 Å². The van der Waals surface area contributed by atoms with Crippen molar-refractivity contribution in [3.8, 4) is 0 Å². The zero-order valence-electron chi connectivity index (χ0n) is 11.3. The third-order valence-corrected chi connectivity index (χ3v) is 4.47. The average molecular weight is 307 g/mol. The largest absolute Gasteiger partial charge is 0.377 e. The van der Waals surface area contributed by atoms with Crippen LogP contribution in [0.4, 0.5) is 11.4 Å². The van der Waals surface area contributed by atoms with Crippen molar-refractivity contribution in [2.75, 3.05) is 16.8 Å². The monoisotopic (exact) mass is 306 g/mol. The van der Waals surface area contributed by atoms with Crippen molar-refractivity contribution in [1.82, 2.24) is 0 Å². The summed E-state index contributed by atoms with van der Waals surface area (Å²) in [4.78, 5) is 15.2. The lowest BCUT2D eigenvalue weighted by Gasteiger charge is -2.40. The molecule has 1 aromatic heterocycles. The van der Waals surface area contributed by atoms with E-state index >= 15 is 0 Å². The molecule has 0 saturated heterocycles. The summed E-state index contributed by atoms with van der Waals surface area (Å²) in [6.45, 7) is 4.80. The molecule has 0 saturated carbocycles. The van der Waals surface area contributed by atoms with Crippen LogP contribution in [0, 0.1) is 0 Å². The lowest BCUT2D eigenvalue weighted by molar-refractivity contribution is 0.0985. The highest BCUT2D eigenvalue weighted by Crippen LogP contribution is 2.36. The van der Waals surface area contributed by atoms with Crippen molar-refractivity contribution >= 4 is 40.2 Å². The number of anilines is 2. The van der Waals surface area contributed by atoms with Crippen LogP contribution in [0.2, 0.25) is 4.34 Å². The quantitative estimate of drug-likeness (QED) is 0.854. The minimum absolute atomic E-state index is 0.00363. The molecule has 1 aromatic carbocycles. The van der Waals surface area contributed by atoms with E-state index in [1.807, 2.05) is 29.2 Å². The first kappa shape index (κ1) is 13.5. The van der Waals surface area contributed by atoms with Crippen LogP contribution >= 0.6 is 22.9 Å². The van der Waals surface area contributed by atoms with Gasteiger partial charge in [-0.1, -0.05) is 23.7 Å². The first-order valence-electron chi connectivity index (χ1n) is 6.41. The number of halogens is 1. The lowest BCUT2D eigenvalue weighted by Crippen LogP contribution is -2.50. The van der Waals surface area contributed by atoms with E-state index in [-0.39, 0.29) is 11.4 Å². The maximum Gasteiger partial charge on any atom is 0.268 e. The lowest BCUT2D eigenvalue weighted by atomic mass is 9.99. The van der Waals surface area contributed by atoms with Gasteiger partial charge in [0.1, 0.15) is 0 Å². The van der Waals surface area contributed by atoms with Gasteiger partial charge < -0.3 is 10.2 Å². The van der Waals surface area contributed by atoms with E-state index in [0.717, 1.165) is 11.4 Å². The third kappa shape index (κ3) is 2.41. The van der Waals surface area contributed by atoms with E-state index in [1.165, 1.54) is 11.3 Å². The molecular formula is C15H15ClN2OS. The summed E-state index contributed by atoms with van der Waals surface area (Å²) in [6.07, 6.45) is 0. The van der Waals surface area contributed by atoms with Crippen molar-refractivity contribution in [2.24, 2.45) is 0 Å². The van der Waals surface area contributed by atoms with Crippen molar-refractivity contribution < 1.29 is 4.79 Å². The van der Waals surface area contributed by atoms with E-state index in [4.69, 9.17) is 11.6 Å². The van der Waals surface area contributed by atoms with E-state index in [9.17, 15) is 4.79 Å². The molecule has 3 nitrogen and oxygen atoms in total. The van der Waals surface area contributed by atoms with Gasteiger partial charge in [-0.15, -0.1) is 11.3 Å². The third-order valence-electron chi connectivity index (χ3n) is 3.25. The highest BCUT2D eigenvalue weighted by Gasteiger charge is 2.33. The SMILES string of the molecule is CC1(C)CN(C(=O)c2ccc(Cl)s2)c2ccccc2N1. The second kappa shape index (κ2) is 4.79. The molecule has 0 fully saturated rings. The molecule has 2 heterocycles. The molecule has 0 spiro atoms. The van der Waals surface area contributed by atoms with Crippen LogP contribution < -0.4 is 10.2 Å². The average Bonchev–Trinajstić information content (AvgIpc) is 2.82. The van der Waals surface area contributed by atoms with Crippen LogP contribution in [-0.4, -0.2) is 18.0 Å². The normalized spacial score (nSPS) is 16.4. The van der Waals surface area contributed by atoms with Gasteiger partial charge in [-0.05, 0) is 38.1 Å². The Morgan fingerprint density at radius 3 is 2.75 bits per heavy atom. The number of amides is 1. The summed E-state index contributed by atoms with van der Waals surface area (Å²) in [6, 6.07) is 11.4. The van der Waals surface area contributed by atoms with Crippen molar-refractivity contribution in [3.63, 3.8) is 0 Å². The molecule has 5 heteroatoms. The predicted molar refractivity (Wildman–Crippen MR) is 85.1 cm³/mol. The molecule has 1 aliphatic rings. The van der Waals surface area contributed by atoms with Gasteiger partial charge in [-0.25, -0.2) is 0 Å². The van der Waals surface area contributed by atoms with Crippen LogP contribution in [0.3, 0.4) is 0 Å². The number of nitrogens with one attached hydrogen (secondary N) is 1. The van der Waals surface area contributed by atoms with Crippen LogP contribution in [0.25, 0.3) is 0 Å². The van der Waals surface area contributed by atoms with Crippen molar-refractivity contribution in [2.45, 2.75) is 19.4 Å². The molecular weight excluding hydrogens is 292 g/mol. The molecule has 1 N–H and O–H groups in total. The van der Waals surface area contributed by atoms with Crippen LogP contribution in [0.5, 0.6) is 0 Å². The first-order chi connectivity index (χ1) is 9.46. The fourth-order valence-electron chi connectivity index (χ4n) is 2.44. The number of fused-ring (bicyclic) bond motifs is 1. The highest BCUT2D eigenvalue weighted by molar-refractivity contribution is 7.18. The first-order valence-corrected chi connectivity index (χ1v) is 7.60. The number of nitrogens with zero attached hydrogens (tertiary/aromatic N) is 1. The van der Waals surface area contributed by atoms with Crippen molar-refractivity contribution in [3.05, 3.63) is 45.6 Å². The summed E-state index contributed by atoms with van der Waals surface area (Å²) in [5.41, 5.74) is 1.74. The molecule has 0 atom stereocenters. The Kier molecular flexibility index (Phi) is 3.22. The van der Waals surface area contributed by atoms with Crippen molar-refractivity contribution in [1.29, 1.82) is 0 Å². The summed E-state index contributed by atoms with van der Waals surface area (Å²) in [5.74, 6) is 0.00363. The molecule has 0 bridgehead atoms. The Bertz CT molecular complexity index is 665. The number of hydrogen-bond donors (Lipinski definition) is 1. The zero-order valence-corrected chi connectivity index (χ0v) is 12.9. The maximum atomic E-state index is 12.7. The van der Waals surface area contributed by atoms with Gasteiger partial charge in [0.15, 0.2) is 0 Å². The molecule has 0 radical (unpaired) electrons. The second-order valence-electron chi connectivity index (χ2n) is 5.52. The summed E-state index contributed by atoms with van der Waals surface area (Å²) in [7, 11) is 0. The predicted octanol–water partition coefficient (Wildman–Crippen LogP) is 4.25. The molecule has 0 aliphatic carbocycles. The number of carbonyl (C=O) groups is 1. The van der Waals surface area contributed by atoms with E-state index in [1.54, 1.807) is 12.1 Å². The van der Waals surface area contributed by atoms with E-state index in [0.29, 0.717) is 15.8 Å². The maximum absolute atomic E-state index is 12.7. The number of carbonyl (C=O) groups excluding carboxylic acids is 1. The summed E-state index contributed by atoms with van der Waals surface area (Å²) in [5, 5.41) is 3.46. The highest BCUT2D eigenvalue weighted by atomic mass is 35.5. The number of para-hydroxylation sites is 2. The number of benzene rings is 1. The fourth-order valence-corrected chi connectivity index (χ4v) is 3.43. The topological polar surface area (TPSA) is 32.3 Å². The molecule has 1 aliphatic heterocycles. The Hall–Kier alpha value is -1.52. The Balaban J connectivity index is 2.02. The Morgan fingerprint density at radius 2 is 2.05 bits per heavy atom. The molecule has 3 rings (SSSR count). The summed E-state index contributed by atoms with van der Waals surface area (Å²) >= 11 is 7.25. The van der Waals surface area contributed by atoms with Crippen LogP contribution in [-0.2, 0) is 0 Å². The molecule has 2 aromatic rings. The molecule has 20 heavy (non-hydrogen) atoms. The van der Waals surface area contributed by atoms with Gasteiger partial charge >= 0.3 is 0 Å². The van der Waals surface area contributed by atoms with Gasteiger partial charge in [0, 0.05) is 12.1 Å². The minimum atomic E-state index is -0.162. The number of thiophene rings is 1. The van der Waals surface area contributed by atoms with Gasteiger partial charge in [0.05, 0.1) is 20.6 Å². The van der Waals surface area contributed by atoms with Gasteiger partial charge in [0.25, 0.3) is 5.91 Å². The van der Waals surface area contributed by atoms with Crippen LogP contribution in [0.15, 0.2) is 36.4 Å². The molecule has 1 amide bonds. The zero-order chi connectivity index (χ0) is 14.3. The van der Waals surface area contributed by atoms with Gasteiger partial charge in [-0.2, -0.15) is 0 Å². The van der Waals surface area contributed by atoms with Crippen LogP contribution in [0.1, 0.15) is 23.5 Å². The number of hydrogen-bond acceptors (Lipinski definition) is 3. The molecule has 104 valence electrons. The minimum Gasteiger partial charge on any atom is -0.377 e. The standard InChI is InChI=1S/C15H15ClN2OS/c1-15(2)9-18(11-6-4-3-5-10(11)17-15)14(19)12-7-8-13(16)20-12/h3-8,17H,9H2,1-2H3. The Labute approximate surface area is 127 Å². The van der Waals surface area contributed by atoms with Gasteiger partial charge in [0.2, 0.25) is 0 Å². The fraction of sp³-hybridized carbons (Fsp3) is 0.267. The second-order valence-corrected chi connectivity index (χ2v) is 7.24. The van der Waals surface area contributed by atoms with E-state index in [2.05, 4.69) is 19.2 Å². The number of rotatable bonds is 1.